The summed E-state index contributed by atoms with van der Waals surface area (Å²) in [6.07, 6.45) is 0.836. The van der Waals surface area contributed by atoms with Crippen LogP contribution in [0.15, 0.2) is 29.9 Å². The van der Waals surface area contributed by atoms with E-state index in [2.05, 4.69) is 6.58 Å². The second kappa shape index (κ2) is 6.23. The normalized spacial score (nSPS) is 11.6. The Kier molecular flexibility index (Phi) is 4.93. The van der Waals surface area contributed by atoms with Crippen molar-refractivity contribution < 1.29 is 14.3 Å². The van der Waals surface area contributed by atoms with E-state index in [4.69, 9.17) is 9.47 Å². The molecular formula is C16H20O3. The van der Waals surface area contributed by atoms with Gasteiger partial charge >= 0.3 is 0 Å². The number of benzene rings is 1. The van der Waals surface area contributed by atoms with Gasteiger partial charge in [-0.2, -0.15) is 0 Å². The molecule has 1 rings (SSSR count). The minimum Gasteiger partial charge on any atom is -0.496 e. The van der Waals surface area contributed by atoms with Crippen molar-refractivity contribution in [3.05, 3.63) is 41.0 Å². The lowest BCUT2D eigenvalue weighted by atomic mass is 9.96. The fourth-order valence-corrected chi connectivity index (χ4v) is 1.80. The summed E-state index contributed by atoms with van der Waals surface area (Å²) >= 11 is 0. The van der Waals surface area contributed by atoms with Crippen LogP contribution >= 0.6 is 0 Å². The van der Waals surface area contributed by atoms with Gasteiger partial charge in [0.2, 0.25) is 0 Å². The molecule has 1 aromatic rings. The van der Waals surface area contributed by atoms with Crippen LogP contribution in [0.2, 0.25) is 0 Å². The van der Waals surface area contributed by atoms with Crippen LogP contribution in [0.5, 0.6) is 11.5 Å². The second-order valence-electron chi connectivity index (χ2n) is 4.41. The van der Waals surface area contributed by atoms with Gasteiger partial charge in [-0.25, -0.2) is 0 Å². The van der Waals surface area contributed by atoms with Crippen LogP contribution in [0.25, 0.3) is 5.57 Å². The summed E-state index contributed by atoms with van der Waals surface area (Å²) in [4.78, 5) is 10.8. The zero-order valence-electron chi connectivity index (χ0n) is 12.2. The van der Waals surface area contributed by atoms with Gasteiger partial charge in [0.05, 0.1) is 14.2 Å². The highest BCUT2D eigenvalue weighted by Crippen LogP contribution is 2.34. The Labute approximate surface area is 114 Å². The molecule has 0 saturated carbocycles. The second-order valence-corrected chi connectivity index (χ2v) is 4.41. The first-order valence-corrected chi connectivity index (χ1v) is 6.01. The molecule has 102 valence electrons. The number of hydrogen-bond donors (Lipinski definition) is 0. The van der Waals surface area contributed by atoms with Gasteiger partial charge in [0.15, 0.2) is 0 Å². The fourth-order valence-electron chi connectivity index (χ4n) is 1.80. The molecule has 1 aromatic carbocycles. The largest absolute Gasteiger partial charge is 0.496 e. The van der Waals surface area contributed by atoms with Crippen LogP contribution < -0.4 is 9.47 Å². The van der Waals surface area contributed by atoms with Gasteiger partial charge in [0.25, 0.3) is 0 Å². The lowest BCUT2D eigenvalue weighted by molar-refractivity contribution is -0.104. The third-order valence-electron chi connectivity index (χ3n) is 3.32. The number of aldehydes is 1. The molecule has 0 N–H and O–H groups in total. The molecule has 0 bridgehead atoms. The molecule has 0 unspecified atom stereocenters. The first-order chi connectivity index (χ1) is 8.96. The quantitative estimate of drug-likeness (QED) is 0.461. The van der Waals surface area contributed by atoms with Crippen molar-refractivity contribution in [2.24, 2.45) is 0 Å². The van der Waals surface area contributed by atoms with Crippen molar-refractivity contribution in [1.82, 2.24) is 0 Å². The third kappa shape index (κ3) is 3.05. The monoisotopic (exact) mass is 260 g/mol. The average molecular weight is 260 g/mol. The van der Waals surface area contributed by atoms with E-state index < -0.39 is 0 Å². The maximum atomic E-state index is 10.8. The number of allylic oxidation sites excluding steroid dienone is 3. The summed E-state index contributed by atoms with van der Waals surface area (Å²) in [6.45, 7) is 9.63. The van der Waals surface area contributed by atoms with Gasteiger partial charge in [-0.15, -0.1) is 0 Å². The van der Waals surface area contributed by atoms with Crippen LogP contribution in [0, 0.1) is 6.92 Å². The molecule has 0 heterocycles. The summed E-state index contributed by atoms with van der Waals surface area (Å²) in [5.41, 5.74) is 4.15. The maximum absolute atomic E-state index is 10.8. The number of rotatable bonds is 5. The highest BCUT2D eigenvalue weighted by Gasteiger charge is 2.12. The lowest BCUT2D eigenvalue weighted by Gasteiger charge is -2.15. The van der Waals surface area contributed by atoms with Crippen LogP contribution in [-0.2, 0) is 4.79 Å². The number of carbonyl (C=O) groups excluding carboxylic acids is 1. The van der Waals surface area contributed by atoms with Crippen molar-refractivity contribution >= 4 is 11.9 Å². The maximum Gasteiger partial charge on any atom is 0.146 e. The third-order valence-corrected chi connectivity index (χ3v) is 3.32. The molecule has 0 aliphatic rings. The first-order valence-electron chi connectivity index (χ1n) is 6.01. The summed E-state index contributed by atoms with van der Waals surface area (Å²) < 4.78 is 10.7. The van der Waals surface area contributed by atoms with E-state index in [0.717, 1.165) is 40.1 Å². The lowest BCUT2D eigenvalue weighted by Crippen LogP contribution is -1.96. The van der Waals surface area contributed by atoms with Gasteiger partial charge in [-0.1, -0.05) is 6.58 Å². The Balaban J connectivity index is 3.36. The number of carbonyl (C=O) groups is 1. The standard InChI is InChI=1S/C16H20O3/c1-10(9-17)11(2)12(3)14-7-15(18-5)13(4)16(8-14)19-6/h7-9H,3H2,1-2,4-6H3/b11-10-. The molecule has 0 radical (unpaired) electrons. The Hall–Kier alpha value is -2.03. The average Bonchev–Trinajstić information content (AvgIpc) is 2.44. The highest BCUT2D eigenvalue weighted by molar-refractivity contribution is 5.86. The predicted molar refractivity (Wildman–Crippen MR) is 77.8 cm³/mol. The van der Waals surface area contributed by atoms with Gasteiger partial charge in [-0.3, -0.25) is 4.79 Å². The topological polar surface area (TPSA) is 35.5 Å². The van der Waals surface area contributed by atoms with Gasteiger partial charge < -0.3 is 9.47 Å². The predicted octanol–water partition coefficient (Wildman–Crippen LogP) is 3.56. The molecule has 0 fully saturated rings. The van der Waals surface area contributed by atoms with E-state index in [1.807, 2.05) is 26.0 Å². The molecule has 0 aliphatic carbocycles. The van der Waals surface area contributed by atoms with Crippen molar-refractivity contribution in [2.75, 3.05) is 14.2 Å². The number of ether oxygens (including phenoxy) is 2. The minimum absolute atomic E-state index is 0.670. The van der Waals surface area contributed by atoms with Crippen LogP contribution in [0.1, 0.15) is 25.0 Å². The van der Waals surface area contributed by atoms with Gasteiger partial charge in [-0.05, 0) is 55.2 Å². The van der Waals surface area contributed by atoms with Crippen molar-refractivity contribution in [3.8, 4) is 11.5 Å². The van der Waals surface area contributed by atoms with Crippen molar-refractivity contribution in [3.63, 3.8) is 0 Å². The molecule has 3 nitrogen and oxygen atoms in total. The van der Waals surface area contributed by atoms with Crippen LogP contribution in [0.3, 0.4) is 0 Å². The van der Waals surface area contributed by atoms with E-state index in [1.165, 1.54) is 0 Å². The number of hydrogen-bond acceptors (Lipinski definition) is 3. The summed E-state index contributed by atoms with van der Waals surface area (Å²) in [7, 11) is 3.24. The molecule has 0 atom stereocenters. The fraction of sp³-hybridized carbons (Fsp3) is 0.312. The highest BCUT2D eigenvalue weighted by atomic mass is 16.5. The first kappa shape index (κ1) is 15.0. The zero-order chi connectivity index (χ0) is 14.6. The molecule has 19 heavy (non-hydrogen) atoms. The Bertz CT molecular complexity index is 514. The summed E-state index contributed by atoms with van der Waals surface area (Å²) in [6, 6.07) is 3.81. The zero-order valence-corrected chi connectivity index (χ0v) is 12.2. The molecule has 0 aliphatic heterocycles. The Morgan fingerprint density at radius 1 is 1.16 bits per heavy atom. The Morgan fingerprint density at radius 3 is 2.00 bits per heavy atom. The van der Waals surface area contributed by atoms with Crippen LogP contribution in [-0.4, -0.2) is 20.5 Å². The molecule has 0 aromatic heterocycles. The smallest absolute Gasteiger partial charge is 0.146 e. The number of methoxy groups -OCH3 is 2. The van der Waals surface area contributed by atoms with Crippen molar-refractivity contribution in [2.45, 2.75) is 20.8 Å². The molecule has 0 saturated heterocycles. The minimum atomic E-state index is 0.670. The van der Waals surface area contributed by atoms with E-state index in [-0.39, 0.29) is 0 Å². The van der Waals surface area contributed by atoms with Crippen LogP contribution in [0.4, 0.5) is 0 Å². The molecule has 0 spiro atoms. The van der Waals surface area contributed by atoms with Gasteiger partial charge in [0.1, 0.15) is 17.8 Å². The molecule has 3 heteroatoms. The van der Waals surface area contributed by atoms with Gasteiger partial charge in [0, 0.05) is 5.56 Å². The SMILES string of the molecule is C=C(/C(C)=C(/C)C=O)c1cc(OC)c(C)c(OC)c1. The molecular weight excluding hydrogens is 240 g/mol. The van der Waals surface area contributed by atoms with E-state index in [0.29, 0.717) is 5.57 Å². The summed E-state index contributed by atoms with van der Waals surface area (Å²) in [5.74, 6) is 1.49. The van der Waals surface area contributed by atoms with E-state index >= 15 is 0 Å². The summed E-state index contributed by atoms with van der Waals surface area (Å²) in [5, 5.41) is 0. The van der Waals surface area contributed by atoms with E-state index in [1.54, 1.807) is 21.1 Å². The van der Waals surface area contributed by atoms with Crippen molar-refractivity contribution in [1.29, 1.82) is 0 Å². The Morgan fingerprint density at radius 2 is 1.63 bits per heavy atom. The van der Waals surface area contributed by atoms with E-state index in [9.17, 15) is 4.79 Å². The molecule has 0 amide bonds.